The van der Waals surface area contributed by atoms with Gasteiger partial charge in [-0.3, -0.25) is 15.1 Å². The third kappa shape index (κ3) is 2.97. The van der Waals surface area contributed by atoms with E-state index in [0.717, 1.165) is 33.2 Å². The molecule has 5 aromatic heterocycles. The Labute approximate surface area is 180 Å². The number of nitrogens with zero attached hydrogens (tertiary/aromatic N) is 4. The van der Waals surface area contributed by atoms with E-state index >= 15 is 0 Å². The third-order valence-electron chi connectivity index (χ3n) is 5.36. The van der Waals surface area contributed by atoms with E-state index in [1.54, 1.807) is 30.7 Å². The molecule has 0 saturated carbocycles. The van der Waals surface area contributed by atoms with Crippen molar-refractivity contribution in [2.24, 2.45) is 0 Å². The number of rotatable bonds is 3. The van der Waals surface area contributed by atoms with Crippen LogP contribution >= 0.6 is 0 Å². The van der Waals surface area contributed by atoms with Gasteiger partial charge in [-0.2, -0.15) is 5.10 Å². The first-order valence-electron chi connectivity index (χ1n) is 9.88. The quantitative estimate of drug-likeness (QED) is 0.369. The molecule has 0 aliphatic heterocycles. The minimum absolute atomic E-state index is 0.0739. The second kappa shape index (κ2) is 6.98. The highest BCUT2D eigenvalue weighted by Crippen LogP contribution is 2.34. The first-order chi connectivity index (χ1) is 15.7. The van der Waals surface area contributed by atoms with E-state index in [2.05, 4.69) is 25.1 Å². The Bertz CT molecular complexity index is 1620. The van der Waals surface area contributed by atoms with Crippen LogP contribution in [0.2, 0.25) is 0 Å². The molecule has 0 saturated heterocycles. The lowest BCUT2D eigenvalue weighted by Gasteiger charge is -2.02. The minimum atomic E-state index is -0.299. The second-order valence-corrected chi connectivity index (χ2v) is 7.44. The van der Waals surface area contributed by atoms with Gasteiger partial charge in [0.05, 0.1) is 34.8 Å². The van der Waals surface area contributed by atoms with Gasteiger partial charge in [0.25, 0.3) is 0 Å². The van der Waals surface area contributed by atoms with Crippen LogP contribution in [0.3, 0.4) is 0 Å². The lowest BCUT2D eigenvalue weighted by atomic mass is 10.0. The number of fused-ring (bicyclic) bond motifs is 2. The molecular weight excluding hydrogens is 407 g/mol. The lowest BCUT2D eigenvalue weighted by molar-refractivity contribution is 0.473. The summed E-state index contributed by atoms with van der Waals surface area (Å²) in [5.41, 5.74) is 6.62. The van der Waals surface area contributed by atoms with Crippen LogP contribution in [0.1, 0.15) is 0 Å². The van der Waals surface area contributed by atoms with Gasteiger partial charge in [0.1, 0.15) is 22.8 Å². The molecule has 0 atom stereocenters. The van der Waals surface area contributed by atoms with Crippen molar-refractivity contribution in [2.45, 2.75) is 0 Å². The summed E-state index contributed by atoms with van der Waals surface area (Å²) in [5.74, 6) is -0.225. The number of nitrogens with one attached hydrogen (secondary N) is 2. The maximum Gasteiger partial charge on any atom is 0.135 e. The Hall–Kier alpha value is -4.59. The standard InChI is InChI=1S/C24H15FN6O/c25-15-3-1-2-13(6-15)18-11-27-12-22-17(18)8-21(28-22)24-23-20(30-31-24)5-4-19(29-23)14-7-16(32)10-26-9-14/h1-12,28,32H,(H,30,31). The number of aromatic nitrogens is 6. The maximum absolute atomic E-state index is 13.8. The van der Waals surface area contributed by atoms with E-state index < -0.39 is 0 Å². The van der Waals surface area contributed by atoms with Gasteiger partial charge < -0.3 is 10.1 Å². The summed E-state index contributed by atoms with van der Waals surface area (Å²) >= 11 is 0. The van der Waals surface area contributed by atoms with Gasteiger partial charge in [0.15, 0.2) is 0 Å². The van der Waals surface area contributed by atoms with Crippen molar-refractivity contribution in [3.8, 4) is 39.5 Å². The summed E-state index contributed by atoms with van der Waals surface area (Å²) in [6.07, 6.45) is 6.48. The number of hydrogen-bond donors (Lipinski definition) is 3. The maximum atomic E-state index is 13.8. The van der Waals surface area contributed by atoms with E-state index in [4.69, 9.17) is 4.98 Å². The lowest BCUT2D eigenvalue weighted by Crippen LogP contribution is -1.86. The predicted molar refractivity (Wildman–Crippen MR) is 119 cm³/mol. The van der Waals surface area contributed by atoms with E-state index in [0.29, 0.717) is 22.5 Å². The Kier molecular flexibility index (Phi) is 3.97. The summed E-state index contributed by atoms with van der Waals surface area (Å²) in [6, 6.07) is 13.8. The van der Waals surface area contributed by atoms with Gasteiger partial charge in [-0.1, -0.05) is 12.1 Å². The molecule has 154 valence electrons. The molecule has 6 rings (SSSR count). The molecule has 1 aromatic carbocycles. The molecule has 0 bridgehead atoms. The predicted octanol–water partition coefficient (Wildman–Crippen LogP) is 5.07. The molecule has 8 heteroatoms. The van der Waals surface area contributed by atoms with Crippen molar-refractivity contribution in [3.63, 3.8) is 0 Å². The highest BCUT2D eigenvalue weighted by molar-refractivity contribution is 6.00. The zero-order valence-corrected chi connectivity index (χ0v) is 16.5. The van der Waals surface area contributed by atoms with Crippen molar-refractivity contribution in [1.29, 1.82) is 0 Å². The first kappa shape index (κ1) is 18.2. The van der Waals surface area contributed by atoms with Crippen molar-refractivity contribution in [1.82, 2.24) is 30.1 Å². The van der Waals surface area contributed by atoms with Crippen LogP contribution in [0.4, 0.5) is 4.39 Å². The number of halogens is 1. The second-order valence-electron chi connectivity index (χ2n) is 7.44. The molecule has 32 heavy (non-hydrogen) atoms. The van der Waals surface area contributed by atoms with Crippen molar-refractivity contribution >= 4 is 21.9 Å². The molecule has 5 heterocycles. The van der Waals surface area contributed by atoms with Gasteiger partial charge in [-0.25, -0.2) is 9.37 Å². The topological polar surface area (TPSA) is 103 Å². The minimum Gasteiger partial charge on any atom is -0.506 e. The number of benzene rings is 1. The zero-order valence-electron chi connectivity index (χ0n) is 16.5. The smallest absolute Gasteiger partial charge is 0.135 e. The summed E-state index contributed by atoms with van der Waals surface area (Å²) in [6.45, 7) is 0. The number of aromatic amines is 2. The molecule has 6 aromatic rings. The molecule has 0 spiro atoms. The summed E-state index contributed by atoms with van der Waals surface area (Å²) < 4.78 is 13.8. The van der Waals surface area contributed by atoms with Crippen LogP contribution in [0.25, 0.3) is 55.7 Å². The Morgan fingerprint density at radius 3 is 2.62 bits per heavy atom. The Morgan fingerprint density at radius 1 is 0.844 bits per heavy atom. The molecular formula is C24H15FN6O. The fraction of sp³-hybridized carbons (Fsp3) is 0. The van der Waals surface area contributed by atoms with E-state index in [1.807, 2.05) is 24.3 Å². The van der Waals surface area contributed by atoms with Crippen molar-refractivity contribution in [3.05, 3.63) is 79.1 Å². The number of pyridine rings is 3. The molecule has 0 unspecified atom stereocenters. The van der Waals surface area contributed by atoms with Crippen LogP contribution in [-0.2, 0) is 0 Å². The van der Waals surface area contributed by atoms with Gasteiger partial charge in [0.2, 0.25) is 0 Å². The van der Waals surface area contributed by atoms with Crippen LogP contribution in [-0.4, -0.2) is 35.2 Å². The van der Waals surface area contributed by atoms with Crippen LogP contribution < -0.4 is 0 Å². The molecule has 0 aliphatic carbocycles. The fourth-order valence-corrected chi connectivity index (χ4v) is 3.88. The Morgan fingerprint density at radius 2 is 1.75 bits per heavy atom. The monoisotopic (exact) mass is 422 g/mol. The van der Waals surface area contributed by atoms with Gasteiger partial charge >= 0.3 is 0 Å². The number of H-pyrrole nitrogens is 2. The summed E-state index contributed by atoms with van der Waals surface area (Å²) in [4.78, 5) is 16.4. The fourth-order valence-electron chi connectivity index (χ4n) is 3.88. The van der Waals surface area contributed by atoms with Crippen LogP contribution in [0, 0.1) is 5.82 Å². The Balaban J connectivity index is 1.51. The summed E-state index contributed by atoms with van der Waals surface area (Å²) in [7, 11) is 0. The van der Waals surface area contributed by atoms with Crippen LogP contribution in [0.15, 0.2) is 73.3 Å². The normalized spacial score (nSPS) is 11.4. The molecule has 0 aliphatic rings. The largest absolute Gasteiger partial charge is 0.506 e. The van der Waals surface area contributed by atoms with Gasteiger partial charge in [-0.15, -0.1) is 0 Å². The molecule has 7 nitrogen and oxygen atoms in total. The SMILES string of the molecule is Oc1cncc(-c2ccc3[nH]nc(-c4cc5c(-c6cccc(F)c6)cncc5[nH]4)c3n2)c1. The molecule has 3 N–H and O–H groups in total. The van der Waals surface area contributed by atoms with Gasteiger partial charge in [0, 0.05) is 28.9 Å². The molecule has 0 fully saturated rings. The number of aromatic hydroxyl groups is 1. The zero-order chi connectivity index (χ0) is 21.7. The highest BCUT2D eigenvalue weighted by Gasteiger charge is 2.16. The van der Waals surface area contributed by atoms with Crippen molar-refractivity contribution < 1.29 is 9.50 Å². The average Bonchev–Trinajstić information content (AvgIpc) is 3.42. The molecule has 0 amide bonds. The highest BCUT2D eigenvalue weighted by atomic mass is 19.1. The number of hydrogen-bond acceptors (Lipinski definition) is 5. The van der Waals surface area contributed by atoms with Gasteiger partial charge in [-0.05, 0) is 42.0 Å². The van der Waals surface area contributed by atoms with Crippen LogP contribution in [0.5, 0.6) is 5.75 Å². The van der Waals surface area contributed by atoms with Crippen molar-refractivity contribution in [2.75, 3.05) is 0 Å². The molecule has 0 radical (unpaired) electrons. The average molecular weight is 422 g/mol. The van der Waals surface area contributed by atoms with E-state index in [1.165, 1.54) is 18.3 Å². The first-order valence-corrected chi connectivity index (χ1v) is 9.88. The summed E-state index contributed by atoms with van der Waals surface area (Å²) in [5, 5.41) is 18.1. The van der Waals surface area contributed by atoms with E-state index in [-0.39, 0.29) is 11.6 Å². The van der Waals surface area contributed by atoms with E-state index in [9.17, 15) is 9.50 Å². The third-order valence-corrected chi connectivity index (χ3v) is 5.36.